The van der Waals surface area contributed by atoms with E-state index in [0.29, 0.717) is 16.4 Å². The lowest BCUT2D eigenvalue weighted by molar-refractivity contribution is 0.337. The Labute approximate surface area is 116 Å². The van der Waals surface area contributed by atoms with Gasteiger partial charge in [-0.15, -0.1) is 0 Å². The number of sulfonamides is 1. The SMILES string of the molecule is CN(Cc1nc(-c2ccccc2Cl)no1)S(C)(=O)=O. The second-order valence-electron chi connectivity index (χ2n) is 4.01. The molecule has 0 radical (unpaired) electrons. The van der Waals surface area contributed by atoms with Crippen molar-refractivity contribution in [1.29, 1.82) is 0 Å². The van der Waals surface area contributed by atoms with Gasteiger partial charge in [-0.2, -0.15) is 9.29 Å². The number of hydrogen-bond donors (Lipinski definition) is 0. The molecule has 6 nitrogen and oxygen atoms in total. The normalized spacial score (nSPS) is 12.0. The smallest absolute Gasteiger partial charge is 0.242 e. The van der Waals surface area contributed by atoms with Crippen LogP contribution in [-0.2, 0) is 16.6 Å². The summed E-state index contributed by atoms with van der Waals surface area (Å²) in [6.07, 6.45) is 1.11. The van der Waals surface area contributed by atoms with E-state index in [1.165, 1.54) is 7.05 Å². The summed E-state index contributed by atoms with van der Waals surface area (Å²) in [4.78, 5) is 4.13. The monoisotopic (exact) mass is 301 g/mol. The highest BCUT2D eigenvalue weighted by atomic mass is 35.5. The van der Waals surface area contributed by atoms with Crippen LogP contribution in [0.2, 0.25) is 5.02 Å². The van der Waals surface area contributed by atoms with Crippen molar-refractivity contribution in [1.82, 2.24) is 14.4 Å². The largest absolute Gasteiger partial charge is 0.338 e. The van der Waals surface area contributed by atoms with Gasteiger partial charge in [-0.3, -0.25) is 0 Å². The van der Waals surface area contributed by atoms with Gasteiger partial charge in [0.15, 0.2) is 0 Å². The molecule has 1 aromatic heterocycles. The van der Waals surface area contributed by atoms with Crippen molar-refractivity contribution in [3.63, 3.8) is 0 Å². The molecule has 0 aliphatic carbocycles. The first-order valence-corrected chi connectivity index (χ1v) is 7.59. The maximum atomic E-state index is 11.3. The first kappa shape index (κ1) is 14.0. The lowest BCUT2D eigenvalue weighted by atomic mass is 10.2. The van der Waals surface area contributed by atoms with Crippen LogP contribution in [0.5, 0.6) is 0 Å². The minimum Gasteiger partial charge on any atom is -0.338 e. The molecule has 0 N–H and O–H groups in total. The van der Waals surface area contributed by atoms with E-state index >= 15 is 0 Å². The minimum absolute atomic E-state index is 0.0241. The van der Waals surface area contributed by atoms with Crippen molar-refractivity contribution in [2.24, 2.45) is 0 Å². The number of rotatable bonds is 4. The molecule has 102 valence electrons. The zero-order valence-electron chi connectivity index (χ0n) is 10.4. The van der Waals surface area contributed by atoms with Crippen LogP contribution < -0.4 is 0 Å². The van der Waals surface area contributed by atoms with Gasteiger partial charge in [0, 0.05) is 12.6 Å². The summed E-state index contributed by atoms with van der Waals surface area (Å²) in [7, 11) is -1.85. The summed E-state index contributed by atoms with van der Waals surface area (Å²) < 4.78 is 28.7. The lowest BCUT2D eigenvalue weighted by Crippen LogP contribution is -2.25. The predicted octanol–water partition coefficient (Wildman–Crippen LogP) is 1.78. The molecule has 0 atom stereocenters. The van der Waals surface area contributed by atoms with Crippen LogP contribution in [0.3, 0.4) is 0 Å². The summed E-state index contributed by atoms with van der Waals surface area (Å²) in [5, 5.41) is 4.30. The molecular formula is C11H12ClN3O3S. The Morgan fingerprint density at radius 3 is 2.68 bits per heavy atom. The average molecular weight is 302 g/mol. The molecule has 0 saturated carbocycles. The lowest BCUT2D eigenvalue weighted by Gasteiger charge is -2.09. The maximum absolute atomic E-state index is 11.3. The second kappa shape index (κ2) is 5.28. The number of nitrogens with zero attached hydrogens (tertiary/aromatic N) is 3. The quantitative estimate of drug-likeness (QED) is 0.860. The van der Waals surface area contributed by atoms with Gasteiger partial charge in [-0.1, -0.05) is 28.9 Å². The molecule has 1 heterocycles. The van der Waals surface area contributed by atoms with Gasteiger partial charge < -0.3 is 4.52 Å². The van der Waals surface area contributed by atoms with Gasteiger partial charge in [-0.25, -0.2) is 8.42 Å². The Balaban J connectivity index is 2.23. The summed E-state index contributed by atoms with van der Waals surface area (Å²) >= 11 is 6.02. The van der Waals surface area contributed by atoms with Crippen LogP contribution in [0, 0.1) is 0 Å². The molecule has 0 spiro atoms. The molecule has 2 aromatic rings. The zero-order valence-corrected chi connectivity index (χ0v) is 11.9. The molecule has 0 unspecified atom stereocenters. The van der Waals surface area contributed by atoms with Crippen molar-refractivity contribution in [3.05, 3.63) is 35.2 Å². The highest BCUT2D eigenvalue weighted by Crippen LogP contribution is 2.25. The molecule has 0 amide bonds. The van der Waals surface area contributed by atoms with Crippen molar-refractivity contribution in [2.45, 2.75) is 6.54 Å². The van der Waals surface area contributed by atoms with E-state index in [-0.39, 0.29) is 12.4 Å². The molecule has 0 fully saturated rings. The fourth-order valence-electron chi connectivity index (χ4n) is 1.38. The number of halogens is 1. The maximum Gasteiger partial charge on any atom is 0.242 e. The Hall–Kier alpha value is -1.44. The third-order valence-electron chi connectivity index (χ3n) is 2.51. The van der Waals surface area contributed by atoms with E-state index in [0.717, 1.165) is 10.6 Å². The molecule has 8 heteroatoms. The highest BCUT2D eigenvalue weighted by Gasteiger charge is 2.17. The summed E-state index contributed by atoms with van der Waals surface area (Å²) in [5.41, 5.74) is 0.640. The predicted molar refractivity (Wildman–Crippen MR) is 71.1 cm³/mol. The van der Waals surface area contributed by atoms with E-state index in [4.69, 9.17) is 16.1 Å². The van der Waals surface area contributed by atoms with E-state index in [1.807, 2.05) is 0 Å². The number of benzene rings is 1. The molecular weight excluding hydrogens is 290 g/mol. The molecule has 0 saturated heterocycles. The van der Waals surface area contributed by atoms with Gasteiger partial charge in [0.25, 0.3) is 0 Å². The van der Waals surface area contributed by atoms with E-state index in [1.54, 1.807) is 24.3 Å². The molecule has 0 bridgehead atoms. The summed E-state index contributed by atoms with van der Waals surface area (Å²) in [5.74, 6) is 0.547. The molecule has 1 aromatic carbocycles. The van der Waals surface area contributed by atoms with Gasteiger partial charge in [-0.05, 0) is 12.1 Å². The second-order valence-corrected chi connectivity index (χ2v) is 6.51. The van der Waals surface area contributed by atoms with Crippen LogP contribution in [0.25, 0.3) is 11.4 Å². The van der Waals surface area contributed by atoms with Crippen molar-refractivity contribution >= 4 is 21.6 Å². The average Bonchev–Trinajstić information content (AvgIpc) is 2.76. The number of aromatic nitrogens is 2. The third-order valence-corrected chi connectivity index (χ3v) is 4.10. The Bertz CT molecular complexity index is 684. The Kier molecular flexibility index (Phi) is 3.88. The van der Waals surface area contributed by atoms with Crippen LogP contribution in [0.4, 0.5) is 0 Å². The van der Waals surface area contributed by atoms with Crippen molar-refractivity contribution in [3.8, 4) is 11.4 Å². The Morgan fingerprint density at radius 2 is 2.05 bits per heavy atom. The third kappa shape index (κ3) is 3.31. The van der Waals surface area contributed by atoms with E-state index < -0.39 is 10.0 Å². The zero-order chi connectivity index (χ0) is 14.0. The minimum atomic E-state index is -3.29. The number of hydrogen-bond acceptors (Lipinski definition) is 5. The van der Waals surface area contributed by atoms with Gasteiger partial charge in [0.2, 0.25) is 21.7 Å². The van der Waals surface area contributed by atoms with E-state index in [2.05, 4.69) is 10.1 Å². The van der Waals surface area contributed by atoms with Gasteiger partial charge >= 0.3 is 0 Å². The van der Waals surface area contributed by atoms with E-state index in [9.17, 15) is 8.42 Å². The van der Waals surface area contributed by atoms with Crippen LogP contribution >= 0.6 is 11.6 Å². The van der Waals surface area contributed by atoms with Crippen molar-refractivity contribution in [2.75, 3.05) is 13.3 Å². The standard InChI is InChI=1S/C11H12ClN3O3S/c1-15(19(2,16)17)7-10-13-11(14-18-10)8-5-3-4-6-9(8)12/h3-6H,7H2,1-2H3. The summed E-state index contributed by atoms with van der Waals surface area (Å²) in [6, 6.07) is 7.08. The topological polar surface area (TPSA) is 76.3 Å². The Morgan fingerprint density at radius 1 is 1.37 bits per heavy atom. The van der Waals surface area contributed by atoms with Crippen LogP contribution in [0.1, 0.15) is 5.89 Å². The fraction of sp³-hybridized carbons (Fsp3) is 0.273. The molecule has 19 heavy (non-hydrogen) atoms. The summed E-state index contributed by atoms with van der Waals surface area (Å²) in [6.45, 7) is 0.0241. The molecule has 0 aliphatic rings. The fourth-order valence-corrected chi connectivity index (χ4v) is 1.94. The first-order valence-electron chi connectivity index (χ1n) is 5.37. The highest BCUT2D eigenvalue weighted by molar-refractivity contribution is 7.88. The van der Waals surface area contributed by atoms with Crippen LogP contribution in [0.15, 0.2) is 28.8 Å². The van der Waals surface area contributed by atoms with Gasteiger partial charge in [0.1, 0.15) is 0 Å². The molecule has 2 rings (SSSR count). The van der Waals surface area contributed by atoms with Crippen LogP contribution in [-0.4, -0.2) is 36.2 Å². The van der Waals surface area contributed by atoms with Gasteiger partial charge in [0.05, 0.1) is 17.8 Å². The van der Waals surface area contributed by atoms with Crippen molar-refractivity contribution < 1.29 is 12.9 Å². The first-order chi connectivity index (χ1) is 8.88. The molecule has 0 aliphatic heterocycles.